The average Bonchev–Trinajstić information content (AvgIpc) is 2.21. The molecule has 0 spiro atoms. The number of sulfonamides is 2. The summed E-state index contributed by atoms with van der Waals surface area (Å²) in [6.07, 6.45) is -0.157. The number of rotatable bonds is 9. The molecule has 10 heteroatoms. The number of nitrogens with two attached hydrogens (primary N) is 1. The van der Waals surface area contributed by atoms with Crippen molar-refractivity contribution in [3.63, 3.8) is 0 Å². The molecule has 0 radical (unpaired) electrons. The van der Waals surface area contributed by atoms with Crippen molar-refractivity contribution in [2.75, 3.05) is 24.7 Å². The van der Waals surface area contributed by atoms with E-state index in [1.807, 2.05) is 0 Å². The summed E-state index contributed by atoms with van der Waals surface area (Å²) in [6.45, 7) is 1.78. The molecule has 0 rings (SSSR count). The summed E-state index contributed by atoms with van der Waals surface area (Å²) < 4.78 is 50.6. The van der Waals surface area contributed by atoms with Crippen LogP contribution in [0.25, 0.3) is 0 Å². The standard InChI is InChI=1S/C8H18N2O6S2/c1-2-16-8(11)4-7-18(14,15)10-5-3-6-17(9,12)13/h10H,2-7H2,1H3,(H2,9,12,13). The minimum Gasteiger partial charge on any atom is -0.466 e. The van der Waals surface area contributed by atoms with E-state index >= 15 is 0 Å². The zero-order valence-corrected chi connectivity index (χ0v) is 11.7. The van der Waals surface area contributed by atoms with Gasteiger partial charge in [0.05, 0.1) is 24.5 Å². The van der Waals surface area contributed by atoms with E-state index in [0.29, 0.717) is 0 Å². The van der Waals surface area contributed by atoms with Crippen molar-refractivity contribution in [1.29, 1.82) is 0 Å². The molecule has 0 saturated heterocycles. The van der Waals surface area contributed by atoms with E-state index < -0.39 is 26.0 Å². The minimum atomic E-state index is -3.60. The first-order valence-electron chi connectivity index (χ1n) is 5.29. The van der Waals surface area contributed by atoms with Crippen molar-refractivity contribution < 1.29 is 26.4 Å². The lowest BCUT2D eigenvalue weighted by molar-refractivity contribution is -0.142. The number of hydrogen-bond acceptors (Lipinski definition) is 6. The highest BCUT2D eigenvalue weighted by molar-refractivity contribution is 7.89. The Morgan fingerprint density at radius 2 is 1.83 bits per heavy atom. The van der Waals surface area contributed by atoms with Crippen molar-refractivity contribution >= 4 is 26.0 Å². The molecule has 0 unspecified atom stereocenters. The van der Waals surface area contributed by atoms with E-state index in [-0.39, 0.29) is 37.5 Å². The van der Waals surface area contributed by atoms with Gasteiger partial charge in [0.15, 0.2) is 0 Å². The lowest BCUT2D eigenvalue weighted by Gasteiger charge is -2.06. The van der Waals surface area contributed by atoms with Crippen LogP contribution in [0.5, 0.6) is 0 Å². The molecule has 3 N–H and O–H groups in total. The van der Waals surface area contributed by atoms with Crippen LogP contribution in [0.3, 0.4) is 0 Å². The second kappa shape index (κ2) is 7.67. The van der Waals surface area contributed by atoms with Crippen LogP contribution >= 0.6 is 0 Å². The van der Waals surface area contributed by atoms with E-state index in [0.717, 1.165) is 0 Å². The number of carbonyl (C=O) groups excluding carboxylic acids is 1. The van der Waals surface area contributed by atoms with Crippen LogP contribution < -0.4 is 9.86 Å². The first-order valence-corrected chi connectivity index (χ1v) is 8.66. The minimum absolute atomic E-state index is 0.0401. The molecule has 8 nitrogen and oxygen atoms in total. The lowest BCUT2D eigenvalue weighted by atomic mass is 10.5. The van der Waals surface area contributed by atoms with Crippen LogP contribution in [0.4, 0.5) is 0 Å². The van der Waals surface area contributed by atoms with Gasteiger partial charge in [0.25, 0.3) is 0 Å². The first kappa shape index (κ1) is 17.3. The Kier molecular flexibility index (Phi) is 7.36. The highest BCUT2D eigenvalue weighted by Crippen LogP contribution is 1.94. The van der Waals surface area contributed by atoms with Gasteiger partial charge < -0.3 is 4.74 Å². The summed E-state index contributed by atoms with van der Waals surface area (Å²) in [5.41, 5.74) is 0. The maximum Gasteiger partial charge on any atom is 0.306 e. The molecule has 0 aromatic heterocycles. The maximum atomic E-state index is 11.4. The first-order chi connectivity index (χ1) is 8.16. The van der Waals surface area contributed by atoms with Gasteiger partial charge in [-0.15, -0.1) is 0 Å². The molecule has 0 saturated carbocycles. The predicted molar refractivity (Wildman–Crippen MR) is 65.6 cm³/mol. The zero-order valence-electron chi connectivity index (χ0n) is 10.1. The second-order valence-corrected chi connectivity index (χ2v) is 7.15. The number of esters is 1. The van der Waals surface area contributed by atoms with Gasteiger partial charge in [-0.05, 0) is 13.3 Å². The van der Waals surface area contributed by atoms with Crippen molar-refractivity contribution in [2.45, 2.75) is 19.8 Å². The van der Waals surface area contributed by atoms with Gasteiger partial charge in [-0.2, -0.15) is 0 Å². The molecular formula is C8H18N2O6S2. The summed E-state index contributed by atoms with van der Waals surface area (Å²) >= 11 is 0. The third kappa shape index (κ3) is 10.4. The number of hydrogen-bond donors (Lipinski definition) is 2. The fourth-order valence-electron chi connectivity index (χ4n) is 1.02. The Balaban J connectivity index is 3.91. The fourth-order valence-corrected chi connectivity index (χ4v) is 2.61. The Bertz CT molecular complexity index is 456. The largest absolute Gasteiger partial charge is 0.466 e. The van der Waals surface area contributed by atoms with Gasteiger partial charge in [0.1, 0.15) is 0 Å². The molecule has 108 valence electrons. The Morgan fingerprint density at radius 1 is 1.22 bits per heavy atom. The number of ether oxygens (including phenoxy) is 1. The van der Waals surface area contributed by atoms with Crippen LogP contribution in [0.15, 0.2) is 0 Å². The summed E-state index contributed by atoms with van der Waals surface area (Å²) in [5, 5.41) is 4.75. The summed E-state index contributed by atoms with van der Waals surface area (Å²) in [4.78, 5) is 10.9. The molecule has 0 aromatic rings. The molecule has 0 amide bonds. The summed E-state index contributed by atoms with van der Waals surface area (Å²) in [5.74, 6) is -1.28. The molecule has 0 atom stereocenters. The van der Waals surface area contributed by atoms with Gasteiger partial charge in [0, 0.05) is 6.54 Å². The zero-order chi connectivity index (χ0) is 14.2. The van der Waals surface area contributed by atoms with Gasteiger partial charge in [0.2, 0.25) is 20.0 Å². The van der Waals surface area contributed by atoms with Crippen molar-refractivity contribution in [3.05, 3.63) is 0 Å². The van der Waals surface area contributed by atoms with Crippen molar-refractivity contribution in [2.24, 2.45) is 5.14 Å². The van der Waals surface area contributed by atoms with Crippen LogP contribution in [0.1, 0.15) is 19.8 Å². The molecule has 0 aromatic carbocycles. The number of primary sulfonamides is 1. The van der Waals surface area contributed by atoms with Gasteiger partial charge in [-0.25, -0.2) is 26.7 Å². The Hall–Kier alpha value is -0.710. The molecular weight excluding hydrogens is 284 g/mol. The molecule has 0 aliphatic heterocycles. The maximum absolute atomic E-state index is 11.4. The molecule has 0 fully saturated rings. The lowest BCUT2D eigenvalue weighted by Crippen LogP contribution is -2.30. The van der Waals surface area contributed by atoms with Crippen LogP contribution in [0, 0.1) is 0 Å². The summed E-state index contributed by atoms with van der Waals surface area (Å²) in [6, 6.07) is 0. The molecule has 0 aliphatic carbocycles. The smallest absolute Gasteiger partial charge is 0.306 e. The number of carbonyl (C=O) groups is 1. The fraction of sp³-hybridized carbons (Fsp3) is 0.875. The highest BCUT2D eigenvalue weighted by atomic mass is 32.2. The van der Waals surface area contributed by atoms with E-state index in [9.17, 15) is 21.6 Å². The van der Waals surface area contributed by atoms with Crippen molar-refractivity contribution in [1.82, 2.24) is 4.72 Å². The van der Waals surface area contributed by atoms with E-state index in [1.165, 1.54) is 0 Å². The van der Waals surface area contributed by atoms with E-state index in [4.69, 9.17) is 5.14 Å². The van der Waals surface area contributed by atoms with Crippen LogP contribution in [-0.4, -0.2) is 47.5 Å². The second-order valence-electron chi connectivity index (χ2n) is 3.49. The predicted octanol–water partition coefficient (Wildman–Crippen LogP) is -1.46. The normalized spacial score (nSPS) is 12.3. The summed E-state index contributed by atoms with van der Waals surface area (Å²) in [7, 11) is -7.18. The third-order valence-corrected chi connectivity index (χ3v) is 4.05. The van der Waals surface area contributed by atoms with Crippen LogP contribution in [0.2, 0.25) is 0 Å². The van der Waals surface area contributed by atoms with Crippen LogP contribution in [-0.2, 0) is 29.6 Å². The van der Waals surface area contributed by atoms with Gasteiger partial charge in [-0.3, -0.25) is 4.79 Å². The topological polar surface area (TPSA) is 133 Å². The molecule has 0 bridgehead atoms. The van der Waals surface area contributed by atoms with Gasteiger partial charge in [-0.1, -0.05) is 0 Å². The number of nitrogens with one attached hydrogen (secondary N) is 1. The van der Waals surface area contributed by atoms with E-state index in [2.05, 4.69) is 9.46 Å². The average molecular weight is 302 g/mol. The Labute approximate surface area is 107 Å². The third-order valence-electron chi connectivity index (χ3n) is 1.81. The van der Waals surface area contributed by atoms with Crippen molar-refractivity contribution in [3.8, 4) is 0 Å². The molecule has 0 heterocycles. The molecule has 0 aliphatic rings. The monoisotopic (exact) mass is 302 g/mol. The quantitative estimate of drug-likeness (QED) is 0.395. The molecule has 18 heavy (non-hydrogen) atoms. The van der Waals surface area contributed by atoms with E-state index in [1.54, 1.807) is 6.92 Å². The Morgan fingerprint density at radius 3 is 2.33 bits per heavy atom. The SMILES string of the molecule is CCOC(=O)CCS(=O)(=O)NCCCS(N)(=O)=O. The highest BCUT2D eigenvalue weighted by Gasteiger charge is 2.13. The van der Waals surface area contributed by atoms with Gasteiger partial charge >= 0.3 is 5.97 Å².